The van der Waals surface area contributed by atoms with Gasteiger partial charge in [0.25, 0.3) is 0 Å². The zero-order chi connectivity index (χ0) is 31.1. The van der Waals surface area contributed by atoms with Crippen molar-refractivity contribution in [3.05, 3.63) is 70.8 Å². The second-order valence-electron chi connectivity index (χ2n) is 12.1. The van der Waals surface area contributed by atoms with E-state index in [0.29, 0.717) is 26.1 Å². The van der Waals surface area contributed by atoms with Crippen molar-refractivity contribution in [1.82, 2.24) is 10.6 Å². The molecule has 0 radical (unpaired) electrons. The highest BCUT2D eigenvalue weighted by molar-refractivity contribution is 5.79. The molecule has 2 aromatic rings. The number of amides is 2. The van der Waals surface area contributed by atoms with Crippen LogP contribution in [0.25, 0.3) is 0 Å². The SMILES string of the molecule is CCCCCCCCCCCCCOCC(C)OCC(C)NC(=O)Cc1ccc(Cc2ccc(CC(=O)NC)cc2)cc1. The molecule has 0 aliphatic rings. The average Bonchev–Trinajstić information content (AvgIpc) is 3.00. The van der Waals surface area contributed by atoms with E-state index >= 15 is 0 Å². The minimum absolute atomic E-state index is 0.00375. The first kappa shape index (κ1) is 36.5. The van der Waals surface area contributed by atoms with Crippen molar-refractivity contribution in [1.29, 1.82) is 0 Å². The van der Waals surface area contributed by atoms with Crippen molar-refractivity contribution < 1.29 is 19.1 Å². The monoisotopic (exact) mass is 594 g/mol. The van der Waals surface area contributed by atoms with Gasteiger partial charge in [0.1, 0.15) is 0 Å². The number of carbonyl (C=O) groups is 2. The van der Waals surface area contributed by atoms with Crippen LogP contribution < -0.4 is 10.6 Å². The predicted octanol–water partition coefficient (Wildman–Crippen LogP) is 7.35. The molecule has 0 saturated heterocycles. The first-order valence-electron chi connectivity index (χ1n) is 16.7. The van der Waals surface area contributed by atoms with Crippen molar-refractivity contribution in [2.75, 3.05) is 26.9 Å². The molecule has 0 fully saturated rings. The lowest BCUT2D eigenvalue weighted by Gasteiger charge is -2.18. The highest BCUT2D eigenvalue weighted by Gasteiger charge is 2.11. The molecule has 6 nitrogen and oxygen atoms in total. The van der Waals surface area contributed by atoms with Crippen LogP contribution in [0, 0.1) is 0 Å². The van der Waals surface area contributed by atoms with E-state index in [1.54, 1.807) is 7.05 Å². The zero-order valence-corrected chi connectivity index (χ0v) is 27.4. The van der Waals surface area contributed by atoms with E-state index in [2.05, 4.69) is 41.8 Å². The molecular weight excluding hydrogens is 536 g/mol. The van der Waals surface area contributed by atoms with Crippen LogP contribution in [-0.2, 0) is 38.3 Å². The number of nitrogens with one attached hydrogen (secondary N) is 2. The number of hydrogen-bond donors (Lipinski definition) is 2. The summed E-state index contributed by atoms with van der Waals surface area (Å²) in [5.74, 6) is 0.00891. The number of benzene rings is 2. The molecule has 43 heavy (non-hydrogen) atoms. The summed E-state index contributed by atoms with van der Waals surface area (Å²) in [5.41, 5.74) is 4.36. The average molecular weight is 595 g/mol. The Bertz CT molecular complexity index is 1010. The maximum absolute atomic E-state index is 12.6. The minimum atomic E-state index is -0.0627. The molecule has 240 valence electrons. The van der Waals surface area contributed by atoms with Crippen LogP contribution in [0.4, 0.5) is 0 Å². The van der Waals surface area contributed by atoms with E-state index in [1.807, 2.05) is 38.1 Å². The van der Waals surface area contributed by atoms with Gasteiger partial charge in [0.05, 0.1) is 32.2 Å². The summed E-state index contributed by atoms with van der Waals surface area (Å²) in [6.45, 7) is 8.11. The number of rotatable bonds is 24. The van der Waals surface area contributed by atoms with Crippen molar-refractivity contribution in [3.8, 4) is 0 Å². The van der Waals surface area contributed by atoms with Gasteiger partial charge in [-0.1, -0.05) is 120 Å². The van der Waals surface area contributed by atoms with Gasteiger partial charge in [0, 0.05) is 19.7 Å². The van der Waals surface area contributed by atoms with E-state index in [-0.39, 0.29) is 24.0 Å². The van der Waals surface area contributed by atoms with Gasteiger partial charge in [-0.05, 0) is 48.9 Å². The first-order chi connectivity index (χ1) is 20.9. The fourth-order valence-corrected chi connectivity index (χ4v) is 5.09. The quantitative estimate of drug-likeness (QED) is 0.125. The molecule has 0 aliphatic heterocycles. The molecule has 2 aromatic carbocycles. The van der Waals surface area contributed by atoms with Gasteiger partial charge < -0.3 is 20.1 Å². The maximum atomic E-state index is 12.6. The molecule has 0 aromatic heterocycles. The molecule has 0 bridgehead atoms. The van der Waals surface area contributed by atoms with Crippen LogP contribution in [-0.4, -0.2) is 50.8 Å². The van der Waals surface area contributed by atoms with Gasteiger partial charge in [-0.25, -0.2) is 0 Å². The highest BCUT2D eigenvalue weighted by Crippen LogP contribution is 2.14. The third kappa shape index (κ3) is 17.9. The van der Waals surface area contributed by atoms with E-state index in [0.717, 1.165) is 30.6 Å². The molecule has 2 atom stereocenters. The Morgan fingerprint density at radius 2 is 1.12 bits per heavy atom. The maximum Gasteiger partial charge on any atom is 0.224 e. The summed E-state index contributed by atoms with van der Waals surface area (Å²) in [6.07, 6.45) is 16.3. The van der Waals surface area contributed by atoms with Gasteiger partial charge >= 0.3 is 0 Å². The Morgan fingerprint density at radius 3 is 1.63 bits per heavy atom. The fourth-order valence-electron chi connectivity index (χ4n) is 5.09. The number of hydrogen-bond acceptors (Lipinski definition) is 4. The predicted molar refractivity (Wildman–Crippen MR) is 177 cm³/mol. The van der Waals surface area contributed by atoms with Gasteiger partial charge in [-0.3, -0.25) is 9.59 Å². The van der Waals surface area contributed by atoms with Crippen LogP contribution in [0.2, 0.25) is 0 Å². The molecule has 0 aliphatic carbocycles. The summed E-state index contributed by atoms with van der Waals surface area (Å²) in [4.78, 5) is 24.1. The van der Waals surface area contributed by atoms with Crippen LogP contribution >= 0.6 is 0 Å². The zero-order valence-electron chi connectivity index (χ0n) is 27.4. The lowest BCUT2D eigenvalue weighted by atomic mass is 10.0. The van der Waals surface area contributed by atoms with Crippen LogP contribution in [0.1, 0.15) is 114 Å². The lowest BCUT2D eigenvalue weighted by molar-refractivity contribution is -0.122. The van der Waals surface area contributed by atoms with Crippen molar-refractivity contribution in [3.63, 3.8) is 0 Å². The van der Waals surface area contributed by atoms with Crippen molar-refractivity contribution in [2.45, 2.75) is 123 Å². The number of carbonyl (C=O) groups excluding carboxylic acids is 2. The normalized spacial score (nSPS) is 12.6. The summed E-state index contributed by atoms with van der Waals surface area (Å²) < 4.78 is 11.7. The first-order valence-corrected chi connectivity index (χ1v) is 16.7. The Labute approximate surface area is 261 Å². The lowest BCUT2D eigenvalue weighted by Crippen LogP contribution is -2.38. The van der Waals surface area contributed by atoms with Crippen molar-refractivity contribution >= 4 is 11.8 Å². The van der Waals surface area contributed by atoms with E-state index in [1.165, 1.54) is 75.3 Å². The minimum Gasteiger partial charge on any atom is -0.379 e. The van der Waals surface area contributed by atoms with Gasteiger partial charge in [-0.15, -0.1) is 0 Å². The molecule has 0 saturated carbocycles. The molecular formula is C37H58N2O4. The summed E-state index contributed by atoms with van der Waals surface area (Å²) in [5, 5.41) is 5.70. The second-order valence-corrected chi connectivity index (χ2v) is 12.1. The summed E-state index contributed by atoms with van der Waals surface area (Å²) >= 11 is 0. The van der Waals surface area contributed by atoms with Gasteiger partial charge in [0.2, 0.25) is 11.8 Å². The van der Waals surface area contributed by atoms with Crippen LogP contribution in [0.15, 0.2) is 48.5 Å². The van der Waals surface area contributed by atoms with E-state index in [4.69, 9.17) is 9.47 Å². The Morgan fingerprint density at radius 1 is 0.651 bits per heavy atom. The van der Waals surface area contributed by atoms with Crippen LogP contribution in [0.3, 0.4) is 0 Å². The van der Waals surface area contributed by atoms with E-state index in [9.17, 15) is 9.59 Å². The molecule has 0 spiro atoms. The van der Waals surface area contributed by atoms with E-state index < -0.39 is 0 Å². The third-order valence-electron chi connectivity index (χ3n) is 7.75. The third-order valence-corrected chi connectivity index (χ3v) is 7.75. The van der Waals surface area contributed by atoms with Gasteiger partial charge in [-0.2, -0.15) is 0 Å². The Hall–Kier alpha value is -2.70. The highest BCUT2D eigenvalue weighted by atomic mass is 16.5. The largest absolute Gasteiger partial charge is 0.379 e. The molecule has 2 amide bonds. The molecule has 2 rings (SSSR count). The Balaban J connectivity index is 1.51. The summed E-state index contributed by atoms with van der Waals surface area (Å²) in [7, 11) is 1.65. The molecule has 6 heteroatoms. The smallest absolute Gasteiger partial charge is 0.224 e. The molecule has 2 unspecified atom stereocenters. The number of unbranched alkanes of at least 4 members (excludes halogenated alkanes) is 10. The molecule has 2 N–H and O–H groups in total. The number of likely N-dealkylation sites (N-methyl/N-ethyl adjacent to an activating group) is 1. The summed E-state index contributed by atoms with van der Waals surface area (Å²) in [6, 6.07) is 16.3. The number of ether oxygens (including phenoxy) is 2. The molecule has 0 heterocycles. The Kier molecular flexibility index (Phi) is 19.3. The standard InChI is InChI=1S/C37H58N2O4/c1-5-6-7-8-9-10-11-12-13-14-15-24-42-29-31(3)43-28-30(2)39-37(41)27-35-22-18-33(19-23-35)25-32-16-20-34(21-17-32)26-36(40)38-4/h16-23,30-31H,5-15,24-29H2,1-4H3,(H,38,40)(H,39,41). The van der Waals surface area contributed by atoms with Crippen LogP contribution in [0.5, 0.6) is 0 Å². The van der Waals surface area contributed by atoms with Crippen molar-refractivity contribution in [2.24, 2.45) is 0 Å². The second kappa shape index (κ2) is 22.8. The topological polar surface area (TPSA) is 76.7 Å². The van der Waals surface area contributed by atoms with Gasteiger partial charge in [0.15, 0.2) is 0 Å². The fraction of sp³-hybridized carbons (Fsp3) is 0.622.